The quantitative estimate of drug-likeness (QED) is 0.486. The van der Waals surface area contributed by atoms with Gasteiger partial charge in [0.2, 0.25) is 5.89 Å². The fourth-order valence-corrected chi connectivity index (χ4v) is 5.16. The zero-order valence-electron chi connectivity index (χ0n) is 16.3. The number of hydrogen-bond acceptors (Lipinski definition) is 6. The van der Waals surface area contributed by atoms with E-state index < -0.39 is 0 Å². The molecule has 27 heavy (non-hydrogen) atoms. The fraction of sp³-hybridized carbons (Fsp3) is 0.429. The van der Waals surface area contributed by atoms with Crippen molar-refractivity contribution >= 4 is 28.6 Å². The van der Waals surface area contributed by atoms with Crippen LogP contribution in [0.15, 0.2) is 22.6 Å². The minimum atomic E-state index is -0.273. The monoisotopic (exact) mass is 403 g/mol. The van der Waals surface area contributed by atoms with E-state index in [0.29, 0.717) is 24.0 Å². The maximum atomic E-state index is 12.0. The SMILES string of the molecule is CC.CCOC(=O)Cc1nc(-c2cc3c(s2)CCC3)oc1-c1ccc(C)s1. The Labute approximate surface area is 168 Å². The number of esters is 1. The Kier molecular flexibility index (Phi) is 6.50. The van der Waals surface area contributed by atoms with Gasteiger partial charge in [0.1, 0.15) is 0 Å². The number of carbonyl (C=O) groups excluding carboxylic acids is 1. The molecule has 0 radical (unpaired) electrons. The van der Waals surface area contributed by atoms with Crippen LogP contribution < -0.4 is 0 Å². The van der Waals surface area contributed by atoms with Gasteiger partial charge in [0.05, 0.1) is 28.5 Å². The number of hydrogen-bond donors (Lipinski definition) is 0. The topological polar surface area (TPSA) is 52.3 Å². The van der Waals surface area contributed by atoms with E-state index in [2.05, 4.69) is 24.0 Å². The van der Waals surface area contributed by atoms with Gasteiger partial charge in [0, 0.05) is 9.75 Å². The van der Waals surface area contributed by atoms with Gasteiger partial charge in [-0.1, -0.05) is 13.8 Å². The number of rotatable bonds is 5. The first-order chi connectivity index (χ1) is 13.1. The average molecular weight is 404 g/mol. The summed E-state index contributed by atoms with van der Waals surface area (Å²) in [5.41, 5.74) is 2.07. The second kappa shape index (κ2) is 8.85. The van der Waals surface area contributed by atoms with Crippen LogP contribution in [0.3, 0.4) is 0 Å². The van der Waals surface area contributed by atoms with E-state index in [0.717, 1.165) is 22.6 Å². The van der Waals surface area contributed by atoms with Crippen LogP contribution in [0.2, 0.25) is 0 Å². The van der Waals surface area contributed by atoms with E-state index >= 15 is 0 Å². The molecule has 6 heteroatoms. The van der Waals surface area contributed by atoms with Crippen LogP contribution in [-0.2, 0) is 28.8 Å². The number of nitrogens with zero attached hydrogens (tertiary/aromatic N) is 1. The lowest BCUT2D eigenvalue weighted by atomic mass is 10.2. The molecule has 3 heterocycles. The number of carbonyl (C=O) groups is 1. The van der Waals surface area contributed by atoms with Crippen molar-refractivity contribution < 1.29 is 13.9 Å². The van der Waals surface area contributed by atoms with Crippen molar-refractivity contribution in [3.8, 4) is 21.4 Å². The van der Waals surface area contributed by atoms with Crippen molar-refractivity contribution in [1.82, 2.24) is 4.98 Å². The summed E-state index contributed by atoms with van der Waals surface area (Å²) in [4.78, 5) is 21.3. The van der Waals surface area contributed by atoms with Crippen molar-refractivity contribution in [2.24, 2.45) is 0 Å². The molecule has 0 amide bonds. The maximum absolute atomic E-state index is 12.0. The van der Waals surface area contributed by atoms with Crippen molar-refractivity contribution in [2.45, 2.75) is 53.4 Å². The number of aromatic nitrogens is 1. The summed E-state index contributed by atoms with van der Waals surface area (Å²) >= 11 is 3.40. The Balaban J connectivity index is 0.00000102. The van der Waals surface area contributed by atoms with E-state index in [1.54, 1.807) is 22.7 Å². The van der Waals surface area contributed by atoms with Crippen LogP contribution in [0.5, 0.6) is 0 Å². The summed E-state index contributed by atoms with van der Waals surface area (Å²) < 4.78 is 11.2. The van der Waals surface area contributed by atoms with Crippen LogP contribution in [-0.4, -0.2) is 17.6 Å². The lowest BCUT2D eigenvalue weighted by molar-refractivity contribution is -0.142. The fourth-order valence-electron chi connectivity index (χ4n) is 3.11. The molecule has 0 saturated heterocycles. The van der Waals surface area contributed by atoms with Crippen molar-refractivity contribution in [3.63, 3.8) is 0 Å². The van der Waals surface area contributed by atoms with Gasteiger partial charge in [0.25, 0.3) is 0 Å². The Morgan fingerprint density at radius 1 is 1.22 bits per heavy atom. The summed E-state index contributed by atoms with van der Waals surface area (Å²) in [6.45, 7) is 8.23. The molecule has 0 spiro atoms. The Morgan fingerprint density at radius 3 is 2.70 bits per heavy atom. The number of oxazole rings is 1. The molecular formula is C21H25NO3S2. The highest BCUT2D eigenvalue weighted by Gasteiger charge is 2.23. The van der Waals surface area contributed by atoms with Gasteiger partial charge in [-0.3, -0.25) is 4.79 Å². The molecule has 0 bridgehead atoms. The van der Waals surface area contributed by atoms with Crippen molar-refractivity contribution in [3.05, 3.63) is 39.2 Å². The van der Waals surface area contributed by atoms with Crippen LogP contribution in [0.1, 0.15) is 48.2 Å². The van der Waals surface area contributed by atoms with Gasteiger partial charge in [0.15, 0.2) is 5.76 Å². The number of ether oxygens (including phenoxy) is 1. The molecule has 3 aromatic rings. The molecule has 4 nitrogen and oxygen atoms in total. The first-order valence-corrected chi connectivity index (χ1v) is 11.1. The molecule has 1 aliphatic rings. The van der Waals surface area contributed by atoms with Crippen molar-refractivity contribution in [2.75, 3.05) is 6.61 Å². The van der Waals surface area contributed by atoms with E-state index in [1.807, 2.05) is 26.8 Å². The van der Waals surface area contributed by atoms with Crippen LogP contribution in [0.4, 0.5) is 0 Å². The normalized spacial score (nSPS) is 12.4. The van der Waals surface area contributed by atoms with Gasteiger partial charge < -0.3 is 9.15 Å². The molecule has 0 aromatic carbocycles. The predicted molar refractivity (Wildman–Crippen MR) is 112 cm³/mol. The maximum Gasteiger partial charge on any atom is 0.312 e. The molecule has 3 aromatic heterocycles. The first-order valence-electron chi connectivity index (χ1n) is 9.48. The molecule has 144 valence electrons. The Morgan fingerprint density at radius 2 is 2.04 bits per heavy atom. The van der Waals surface area contributed by atoms with Crippen LogP contribution in [0, 0.1) is 6.92 Å². The zero-order valence-corrected chi connectivity index (χ0v) is 17.9. The molecule has 0 saturated carbocycles. The Hall–Kier alpha value is -1.92. The molecule has 0 atom stereocenters. The molecular weight excluding hydrogens is 378 g/mol. The predicted octanol–water partition coefficient (Wildman–Crippen LogP) is 6.06. The summed E-state index contributed by atoms with van der Waals surface area (Å²) in [6, 6.07) is 6.26. The summed E-state index contributed by atoms with van der Waals surface area (Å²) in [7, 11) is 0. The Bertz CT molecular complexity index is 898. The van der Waals surface area contributed by atoms with Gasteiger partial charge in [-0.05, 0) is 56.9 Å². The van der Waals surface area contributed by atoms with Crippen LogP contribution >= 0.6 is 22.7 Å². The second-order valence-electron chi connectivity index (χ2n) is 6.10. The van der Waals surface area contributed by atoms with Gasteiger partial charge in [-0.2, -0.15) is 0 Å². The minimum Gasteiger partial charge on any atom is -0.466 e. The van der Waals surface area contributed by atoms with Gasteiger partial charge in [-0.15, -0.1) is 22.7 Å². The average Bonchev–Trinajstić information content (AvgIpc) is 3.39. The third-order valence-electron chi connectivity index (χ3n) is 4.24. The van der Waals surface area contributed by atoms with Gasteiger partial charge in [-0.25, -0.2) is 4.98 Å². The molecule has 0 N–H and O–H groups in total. The third kappa shape index (κ3) is 4.33. The molecule has 0 aliphatic heterocycles. The largest absolute Gasteiger partial charge is 0.466 e. The number of aryl methyl sites for hydroxylation is 3. The van der Waals surface area contributed by atoms with E-state index in [-0.39, 0.29) is 12.4 Å². The van der Waals surface area contributed by atoms with Crippen LogP contribution in [0.25, 0.3) is 21.4 Å². The highest BCUT2D eigenvalue weighted by atomic mass is 32.1. The summed E-state index contributed by atoms with van der Waals surface area (Å²) in [6.07, 6.45) is 3.65. The zero-order chi connectivity index (χ0) is 19.4. The summed E-state index contributed by atoms with van der Waals surface area (Å²) in [5.74, 6) is 1.03. The second-order valence-corrected chi connectivity index (χ2v) is 8.52. The molecule has 0 fully saturated rings. The summed E-state index contributed by atoms with van der Waals surface area (Å²) in [5, 5.41) is 0. The third-order valence-corrected chi connectivity index (χ3v) is 6.46. The molecule has 4 rings (SSSR count). The first kappa shape index (κ1) is 19.8. The number of fused-ring (bicyclic) bond motifs is 1. The van der Waals surface area contributed by atoms with Gasteiger partial charge >= 0.3 is 5.97 Å². The minimum absolute atomic E-state index is 0.134. The lowest BCUT2D eigenvalue weighted by Gasteiger charge is -2.00. The smallest absolute Gasteiger partial charge is 0.312 e. The van der Waals surface area contributed by atoms with E-state index in [4.69, 9.17) is 9.15 Å². The van der Waals surface area contributed by atoms with E-state index in [1.165, 1.54) is 21.7 Å². The lowest BCUT2D eigenvalue weighted by Crippen LogP contribution is -2.08. The number of thiophene rings is 2. The van der Waals surface area contributed by atoms with E-state index in [9.17, 15) is 4.79 Å². The highest BCUT2D eigenvalue weighted by molar-refractivity contribution is 7.16. The molecule has 0 unspecified atom stereocenters. The van der Waals surface area contributed by atoms with Crippen molar-refractivity contribution in [1.29, 1.82) is 0 Å². The standard InChI is InChI=1S/C19H19NO3S2.C2H6/c1-3-22-17(21)10-13-18(15-8-7-11(2)24-15)23-19(20-13)16-9-12-5-4-6-14(12)25-16;1-2/h7-9H,3-6,10H2,1-2H3;1-2H3. The highest BCUT2D eigenvalue weighted by Crippen LogP contribution is 2.39. The molecule has 1 aliphatic carbocycles.